The molecule has 2 rings (SSSR count). The smallest absolute Gasteiger partial charge is 0.257 e. The van der Waals surface area contributed by atoms with Gasteiger partial charge >= 0.3 is 0 Å². The van der Waals surface area contributed by atoms with E-state index in [2.05, 4.69) is 5.32 Å². The largest absolute Gasteiger partial charge is 0.322 e. The van der Waals surface area contributed by atoms with Gasteiger partial charge in [-0.15, -0.1) is 0 Å². The van der Waals surface area contributed by atoms with Crippen molar-refractivity contribution in [2.24, 2.45) is 0 Å². The summed E-state index contributed by atoms with van der Waals surface area (Å²) in [5, 5.41) is 2.64. The van der Waals surface area contributed by atoms with Gasteiger partial charge < -0.3 is 5.32 Å². The first-order chi connectivity index (χ1) is 13.9. The van der Waals surface area contributed by atoms with Gasteiger partial charge in [0.1, 0.15) is 0 Å². The van der Waals surface area contributed by atoms with Crippen LogP contribution in [0.25, 0.3) is 0 Å². The molecule has 0 spiro atoms. The van der Waals surface area contributed by atoms with Gasteiger partial charge in [-0.3, -0.25) is 4.79 Å². The van der Waals surface area contributed by atoms with E-state index in [1.165, 1.54) is 60.9 Å². The summed E-state index contributed by atoms with van der Waals surface area (Å²) in [5.74, 6) is -0.656. The molecule has 11 heteroatoms. The highest BCUT2D eigenvalue weighted by Crippen LogP contribution is 2.25. The van der Waals surface area contributed by atoms with E-state index in [-0.39, 0.29) is 39.2 Å². The summed E-state index contributed by atoms with van der Waals surface area (Å²) >= 11 is 6.13. The number of nitrogens with zero attached hydrogens (tertiary/aromatic N) is 2. The quantitative estimate of drug-likeness (QED) is 0.634. The number of anilines is 1. The molecule has 30 heavy (non-hydrogen) atoms. The normalized spacial score (nSPS) is 12.4. The second-order valence-corrected chi connectivity index (χ2v) is 11.0. The number of benzene rings is 2. The molecule has 164 valence electrons. The van der Waals surface area contributed by atoms with Crippen LogP contribution < -0.4 is 5.32 Å². The van der Waals surface area contributed by atoms with Gasteiger partial charge in [0.2, 0.25) is 20.0 Å². The molecule has 8 nitrogen and oxygen atoms in total. The van der Waals surface area contributed by atoms with E-state index >= 15 is 0 Å². The van der Waals surface area contributed by atoms with E-state index < -0.39 is 26.0 Å². The van der Waals surface area contributed by atoms with Crippen LogP contribution in [-0.4, -0.2) is 58.5 Å². The van der Waals surface area contributed by atoms with Crippen LogP contribution in [0.1, 0.15) is 24.2 Å². The van der Waals surface area contributed by atoms with Crippen LogP contribution in [0.2, 0.25) is 5.02 Å². The average molecular weight is 474 g/mol. The fraction of sp³-hybridized carbons (Fsp3) is 0.316. The number of carbonyl (C=O) groups excluding carboxylic acids is 1. The van der Waals surface area contributed by atoms with E-state index in [0.717, 1.165) is 4.31 Å². The zero-order valence-corrected chi connectivity index (χ0v) is 19.5. The van der Waals surface area contributed by atoms with Gasteiger partial charge in [0.25, 0.3) is 5.91 Å². The Balaban J connectivity index is 2.39. The third-order valence-electron chi connectivity index (χ3n) is 4.40. The molecular weight excluding hydrogens is 450 g/mol. The second-order valence-electron chi connectivity index (χ2n) is 6.50. The topological polar surface area (TPSA) is 104 Å². The highest BCUT2D eigenvalue weighted by molar-refractivity contribution is 7.89. The molecule has 0 saturated heterocycles. The summed E-state index contributed by atoms with van der Waals surface area (Å²) in [5.41, 5.74) is 0.196. The molecule has 0 radical (unpaired) electrons. The molecule has 0 atom stereocenters. The van der Waals surface area contributed by atoms with Crippen LogP contribution in [0, 0.1) is 0 Å². The van der Waals surface area contributed by atoms with E-state index in [1.807, 2.05) is 0 Å². The second kappa shape index (κ2) is 9.44. The highest BCUT2D eigenvalue weighted by Gasteiger charge is 2.24. The third kappa shape index (κ3) is 5.01. The number of nitrogens with one attached hydrogen (secondary N) is 1. The van der Waals surface area contributed by atoms with Crippen LogP contribution in [0.15, 0.2) is 52.3 Å². The van der Waals surface area contributed by atoms with Gasteiger partial charge in [-0.25, -0.2) is 21.1 Å². The van der Waals surface area contributed by atoms with E-state index in [1.54, 1.807) is 13.8 Å². The Morgan fingerprint density at radius 1 is 0.933 bits per heavy atom. The Labute approximate surface area is 182 Å². The summed E-state index contributed by atoms with van der Waals surface area (Å²) < 4.78 is 52.4. The van der Waals surface area contributed by atoms with Crippen LogP contribution >= 0.6 is 11.6 Å². The first-order valence-corrected chi connectivity index (χ1v) is 12.3. The Hall–Kier alpha value is -1.98. The third-order valence-corrected chi connectivity index (χ3v) is 8.58. The molecule has 2 aromatic rings. The summed E-state index contributed by atoms with van der Waals surface area (Å²) in [4.78, 5) is 12.7. The molecule has 0 heterocycles. The SMILES string of the molecule is CCN(CC)S(=O)(=O)c1ccc(Cl)c(C(=O)Nc2cccc(S(=O)(=O)N(C)C)c2)c1. The molecule has 0 fully saturated rings. The molecule has 1 amide bonds. The number of carbonyl (C=O) groups is 1. The van der Waals surface area contributed by atoms with Gasteiger partial charge in [-0.05, 0) is 36.4 Å². The first kappa shape index (κ1) is 24.3. The van der Waals surface area contributed by atoms with Crippen LogP contribution in [0.3, 0.4) is 0 Å². The lowest BCUT2D eigenvalue weighted by molar-refractivity contribution is 0.102. The monoisotopic (exact) mass is 473 g/mol. The molecule has 0 aromatic heterocycles. The van der Waals surface area contributed by atoms with E-state index in [4.69, 9.17) is 11.6 Å². The molecule has 1 N–H and O–H groups in total. The summed E-state index contributed by atoms with van der Waals surface area (Å²) in [6.45, 7) is 4.02. The Bertz CT molecular complexity index is 1140. The molecule has 0 aliphatic heterocycles. The minimum absolute atomic E-state index is 0.00857. The van der Waals surface area contributed by atoms with Crippen molar-refractivity contribution in [3.05, 3.63) is 53.1 Å². The molecular formula is C19H24ClN3O5S2. The number of amides is 1. The van der Waals surface area contributed by atoms with Gasteiger partial charge in [0.15, 0.2) is 0 Å². The lowest BCUT2D eigenvalue weighted by atomic mass is 10.2. The van der Waals surface area contributed by atoms with Gasteiger partial charge in [-0.2, -0.15) is 4.31 Å². The van der Waals surface area contributed by atoms with Crippen LogP contribution in [-0.2, 0) is 20.0 Å². The lowest BCUT2D eigenvalue weighted by Gasteiger charge is -2.19. The van der Waals surface area contributed by atoms with Crippen LogP contribution in [0.4, 0.5) is 5.69 Å². The van der Waals surface area contributed by atoms with E-state index in [9.17, 15) is 21.6 Å². The van der Waals surface area contributed by atoms with Crippen molar-refractivity contribution in [1.82, 2.24) is 8.61 Å². The summed E-state index contributed by atoms with van der Waals surface area (Å²) in [6, 6.07) is 9.65. The molecule has 0 saturated carbocycles. The molecule has 0 bridgehead atoms. The lowest BCUT2D eigenvalue weighted by Crippen LogP contribution is -2.30. The average Bonchev–Trinajstić information content (AvgIpc) is 2.68. The maximum absolute atomic E-state index is 12.8. The number of halogens is 1. The van der Waals surface area contributed by atoms with Crippen molar-refractivity contribution >= 4 is 43.2 Å². The molecule has 0 aliphatic rings. The van der Waals surface area contributed by atoms with E-state index in [0.29, 0.717) is 0 Å². The minimum atomic E-state index is -3.77. The standard InChI is InChI=1S/C19H24ClN3O5S2/c1-5-23(6-2)30(27,28)16-10-11-18(20)17(13-16)19(24)21-14-8-7-9-15(12-14)29(25,26)22(3)4/h7-13H,5-6H2,1-4H3,(H,21,24). The Morgan fingerprint density at radius 2 is 1.53 bits per heavy atom. The fourth-order valence-electron chi connectivity index (χ4n) is 2.69. The highest BCUT2D eigenvalue weighted by atomic mass is 35.5. The minimum Gasteiger partial charge on any atom is -0.322 e. The van der Waals surface area contributed by atoms with Crippen molar-refractivity contribution in [2.45, 2.75) is 23.6 Å². The zero-order chi connectivity index (χ0) is 22.7. The summed E-state index contributed by atoms with van der Waals surface area (Å²) in [7, 11) is -4.64. The van der Waals surface area contributed by atoms with Gasteiger partial charge in [-0.1, -0.05) is 31.5 Å². The summed E-state index contributed by atoms with van der Waals surface area (Å²) in [6.07, 6.45) is 0. The maximum Gasteiger partial charge on any atom is 0.257 e. The van der Waals surface area contributed by atoms with Gasteiger partial charge in [0, 0.05) is 32.9 Å². The van der Waals surface area contributed by atoms with Crippen molar-refractivity contribution in [2.75, 3.05) is 32.5 Å². The first-order valence-electron chi connectivity index (χ1n) is 9.08. The maximum atomic E-state index is 12.8. The van der Waals surface area contributed by atoms with Gasteiger partial charge in [0.05, 0.1) is 20.4 Å². The Kier molecular flexibility index (Phi) is 7.64. The number of hydrogen-bond donors (Lipinski definition) is 1. The van der Waals surface area contributed by atoms with Crippen molar-refractivity contribution in [1.29, 1.82) is 0 Å². The zero-order valence-electron chi connectivity index (χ0n) is 17.1. The van der Waals surface area contributed by atoms with Crippen molar-refractivity contribution < 1.29 is 21.6 Å². The molecule has 0 aliphatic carbocycles. The van der Waals surface area contributed by atoms with Crippen LogP contribution in [0.5, 0.6) is 0 Å². The predicted molar refractivity (Wildman–Crippen MR) is 117 cm³/mol. The fourth-order valence-corrected chi connectivity index (χ4v) is 5.33. The predicted octanol–water partition coefficient (Wildman–Crippen LogP) is 2.87. The number of rotatable bonds is 8. The van der Waals surface area contributed by atoms with Crippen molar-refractivity contribution in [3.63, 3.8) is 0 Å². The molecule has 2 aromatic carbocycles. The number of hydrogen-bond acceptors (Lipinski definition) is 5. The number of sulfonamides is 2. The Morgan fingerprint density at radius 3 is 2.10 bits per heavy atom. The molecule has 0 unspecified atom stereocenters. The van der Waals surface area contributed by atoms with Crippen molar-refractivity contribution in [3.8, 4) is 0 Å².